The van der Waals surface area contributed by atoms with Crippen molar-refractivity contribution >= 4 is 11.3 Å². The van der Waals surface area contributed by atoms with Crippen LogP contribution in [0.4, 0.5) is 0 Å². The first kappa shape index (κ1) is 17.2. The summed E-state index contributed by atoms with van der Waals surface area (Å²) in [6.45, 7) is 3.58. The molecule has 1 aromatic carbocycles. The monoisotopic (exact) mass is 318 g/mol. The molecular formula is C18H26N2OS. The molecule has 1 atom stereocenters. The predicted molar refractivity (Wildman–Crippen MR) is 94.3 cm³/mol. The van der Waals surface area contributed by atoms with Crippen molar-refractivity contribution in [1.82, 2.24) is 9.80 Å². The van der Waals surface area contributed by atoms with Crippen molar-refractivity contribution in [2.24, 2.45) is 0 Å². The fourth-order valence-electron chi connectivity index (χ4n) is 2.47. The predicted octanol–water partition coefficient (Wildman–Crippen LogP) is 2.72. The molecule has 0 bridgehead atoms. The van der Waals surface area contributed by atoms with Crippen LogP contribution in [0.3, 0.4) is 0 Å². The van der Waals surface area contributed by atoms with Gasteiger partial charge in [-0.1, -0.05) is 30.3 Å². The molecular weight excluding hydrogens is 292 g/mol. The lowest BCUT2D eigenvalue weighted by Gasteiger charge is -2.26. The van der Waals surface area contributed by atoms with Crippen LogP contribution in [-0.2, 0) is 13.0 Å². The summed E-state index contributed by atoms with van der Waals surface area (Å²) in [5, 5.41) is 14.7. The summed E-state index contributed by atoms with van der Waals surface area (Å²) in [7, 11) is 4.17. The number of likely N-dealkylation sites (N-methyl/N-ethyl adjacent to an activating group) is 1. The van der Waals surface area contributed by atoms with Crippen LogP contribution in [0.5, 0.6) is 0 Å². The first-order valence-electron chi connectivity index (χ1n) is 7.73. The molecule has 4 heteroatoms. The smallest absolute Gasteiger partial charge is 0.0707 e. The highest BCUT2D eigenvalue weighted by molar-refractivity contribution is 7.07. The molecule has 1 aromatic heterocycles. The zero-order valence-corrected chi connectivity index (χ0v) is 14.3. The Balaban J connectivity index is 1.89. The minimum absolute atomic E-state index is 0.330. The SMILES string of the molecule is CN(C)CCN(Cc1ccsc1)CC(O)Cc1ccccc1. The molecule has 0 aliphatic heterocycles. The van der Waals surface area contributed by atoms with Crippen molar-refractivity contribution in [2.75, 3.05) is 33.7 Å². The van der Waals surface area contributed by atoms with E-state index >= 15 is 0 Å². The minimum atomic E-state index is -0.330. The highest BCUT2D eigenvalue weighted by Crippen LogP contribution is 2.11. The van der Waals surface area contributed by atoms with E-state index in [0.29, 0.717) is 13.0 Å². The molecule has 0 aliphatic carbocycles. The molecule has 1 N–H and O–H groups in total. The average Bonchev–Trinajstić information content (AvgIpc) is 2.98. The van der Waals surface area contributed by atoms with Gasteiger partial charge in [0, 0.05) is 26.2 Å². The Hall–Kier alpha value is -1.20. The maximum atomic E-state index is 10.4. The first-order chi connectivity index (χ1) is 10.6. The summed E-state index contributed by atoms with van der Waals surface area (Å²) in [5.74, 6) is 0. The molecule has 0 fully saturated rings. The number of aliphatic hydroxyl groups is 1. The van der Waals surface area contributed by atoms with Crippen molar-refractivity contribution in [3.8, 4) is 0 Å². The fraction of sp³-hybridized carbons (Fsp3) is 0.444. The van der Waals surface area contributed by atoms with Gasteiger partial charge in [-0.3, -0.25) is 4.90 Å². The molecule has 2 aromatic rings. The average molecular weight is 318 g/mol. The van der Waals surface area contributed by atoms with Crippen molar-refractivity contribution in [1.29, 1.82) is 0 Å². The van der Waals surface area contributed by atoms with Crippen LogP contribution in [0.25, 0.3) is 0 Å². The molecule has 3 nitrogen and oxygen atoms in total. The summed E-state index contributed by atoms with van der Waals surface area (Å²) in [4.78, 5) is 4.53. The van der Waals surface area contributed by atoms with Crippen molar-refractivity contribution in [3.63, 3.8) is 0 Å². The number of aliphatic hydroxyl groups excluding tert-OH is 1. The Morgan fingerprint density at radius 3 is 2.45 bits per heavy atom. The lowest BCUT2D eigenvalue weighted by atomic mass is 10.1. The highest BCUT2D eigenvalue weighted by atomic mass is 32.1. The van der Waals surface area contributed by atoms with Gasteiger partial charge in [0.1, 0.15) is 0 Å². The second-order valence-electron chi connectivity index (χ2n) is 6.01. The van der Waals surface area contributed by atoms with Crippen LogP contribution in [0.2, 0.25) is 0 Å². The van der Waals surface area contributed by atoms with E-state index in [1.807, 2.05) is 18.2 Å². The summed E-state index contributed by atoms with van der Waals surface area (Å²) < 4.78 is 0. The van der Waals surface area contributed by atoms with E-state index in [1.54, 1.807) is 11.3 Å². The van der Waals surface area contributed by atoms with Gasteiger partial charge < -0.3 is 10.0 Å². The van der Waals surface area contributed by atoms with Gasteiger partial charge in [-0.15, -0.1) is 0 Å². The highest BCUT2D eigenvalue weighted by Gasteiger charge is 2.13. The normalized spacial score (nSPS) is 13.0. The van der Waals surface area contributed by atoms with Crippen LogP contribution < -0.4 is 0 Å². The molecule has 0 aliphatic rings. The molecule has 120 valence electrons. The van der Waals surface area contributed by atoms with E-state index in [9.17, 15) is 5.11 Å². The number of hydrogen-bond donors (Lipinski definition) is 1. The second kappa shape index (κ2) is 9.06. The molecule has 0 radical (unpaired) electrons. The molecule has 0 saturated carbocycles. The fourth-order valence-corrected chi connectivity index (χ4v) is 3.13. The molecule has 0 spiro atoms. The number of benzene rings is 1. The van der Waals surface area contributed by atoms with Gasteiger partial charge in [0.15, 0.2) is 0 Å². The summed E-state index contributed by atoms with van der Waals surface area (Å²) in [5.41, 5.74) is 2.52. The van der Waals surface area contributed by atoms with Crippen molar-refractivity contribution in [2.45, 2.75) is 19.1 Å². The Bertz CT molecular complexity index is 513. The summed E-state index contributed by atoms with van der Waals surface area (Å²) in [6.07, 6.45) is 0.381. The minimum Gasteiger partial charge on any atom is -0.391 e. The lowest BCUT2D eigenvalue weighted by molar-refractivity contribution is 0.104. The maximum absolute atomic E-state index is 10.4. The Kier molecular flexibility index (Phi) is 7.06. The number of rotatable bonds is 9. The van der Waals surface area contributed by atoms with E-state index < -0.39 is 0 Å². The third-order valence-corrected chi connectivity index (χ3v) is 4.36. The maximum Gasteiger partial charge on any atom is 0.0707 e. The molecule has 0 amide bonds. The van der Waals surface area contributed by atoms with E-state index in [-0.39, 0.29) is 6.10 Å². The standard InChI is InChI=1S/C18H26N2OS/c1-19(2)9-10-20(13-17-8-11-22-15-17)14-18(21)12-16-6-4-3-5-7-16/h3-8,11,15,18,21H,9-10,12-14H2,1-2H3. The molecule has 1 heterocycles. The number of nitrogens with zero attached hydrogens (tertiary/aromatic N) is 2. The molecule has 2 rings (SSSR count). The van der Waals surface area contributed by atoms with Crippen LogP contribution in [0.15, 0.2) is 47.2 Å². The van der Waals surface area contributed by atoms with Crippen LogP contribution in [-0.4, -0.2) is 54.7 Å². The zero-order valence-electron chi connectivity index (χ0n) is 13.5. The summed E-state index contributed by atoms with van der Waals surface area (Å²) in [6, 6.07) is 12.4. The third-order valence-electron chi connectivity index (χ3n) is 3.63. The quantitative estimate of drug-likeness (QED) is 0.770. The van der Waals surface area contributed by atoms with Crippen LogP contribution in [0, 0.1) is 0 Å². The van der Waals surface area contributed by atoms with Crippen LogP contribution in [0.1, 0.15) is 11.1 Å². The first-order valence-corrected chi connectivity index (χ1v) is 8.68. The van der Waals surface area contributed by atoms with Crippen molar-refractivity contribution in [3.05, 3.63) is 58.3 Å². The van der Waals surface area contributed by atoms with Crippen molar-refractivity contribution < 1.29 is 5.11 Å². The van der Waals surface area contributed by atoms with Gasteiger partial charge in [-0.25, -0.2) is 0 Å². The van der Waals surface area contributed by atoms with Gasteiger partial charge in [0.2, 0.25) is 0 Å². The topological polar surface area (TPSA) is 26.7 Å². The van der Waals surface area contributed by atoms with Crippen LogP contribution >= 0.6 is 11.3 Å². The van der Waals surface area contributed by atoms with E-state index in [2.05, 4.69) is 52.9 Å². The van der Waals surface area contributed by atoms with Gasteiger partial charge in [-0.2, -0.15) is 11.3 Å². The molecule has 0 saturated heterocycles. The molecule has 22 heavy (non-hydrogen) atoms. The molecule has 1 unspecified atom stereocenters. The Morgan fingerprint density at radius 2 is 1.82 bits per heavy atom. The van der Waals surface area contributed by atoms with E-state index in [0.717, 1.165) is 19.6 Å². The largest absolute Gasteiger partial charge is 0.391 e. The van der Waals surface area contributed by atoms with E-state index in [1.165, 1.54) is 11.1 Å². The number of hydrogen-bond acceptors (Lipinski definition) is 4. The number of thiophene rings is 1. The second-order valence-corrected chi connectivity index (χ2v) is 6.79. The van der Waals surface area contributed by atoms with Gasteiger partial charge in [-0.05, 0) is 48.5 Å². The summed E-state index contributed by atoms with van der Waals surface area (Å²) >= 11 is 1.73. The van der Waals surface area contributed by atoms with Gasteiger partial charge >= 0.3 is 0 Å². The van der Waals surface area contributed by atoms with Gasteiger partial charge in [0.05, 0.1) is 6.10 Å². The Morgan fingerprint density at radius 1 is 1.05 bits per heavy atom. The van der Waals surface area contributed by atoms with E-state index in [4.69, 9.17) is 0 Å². The van der Waals surface area contributed by atoms with Gasteiger partial charge in [0.25, 0.3) is 0 Å². The third kappa shape index (κ3) is 6.28. The zero-order chi connectivity index (χ0) is 15.8. The Labute approximate surface area is 137 Å². The lowest BCUT2D eigenvalue weighted by Crippen LogP contribution is -2.37.